The molecular formula is C26H33ClF3N5. The molecule has 9 heteroatoms. The summed E-state index contributed by atoms with van der Waals surface area (Å²) < 4.78 is 40.1. The number of anilines is 1. The fourth-order valence-electron chi connectivity index (χ4n) is 4.54. The summed E-state index contributed by atoms with van der Waals surface area (Å²) >= 11 is 6.57. The number of alkyl halides is 3. The SMILES string of the molecule is C=C/C=C(\C(C)=C(/C)C(F)(F)F)[C@@H](C)Nc1ncnc2nc(Cl)c(C3CCN(C(C)C)CC3)cc12. The third-order valence-corrected chi connectivity index (χ3v) is 7.15. The maximum absolute atomic E-state index is 13.4. The van der Waals surface area contributed by atoms with Crippen molar-refractivity contribution in [2.45, 2.75) is 71.6 Å². The second kappa shape index (κ2) is 11.1. The molecule has 0 radical (unpaired) electrons. The number of rotatable bonds is 7. The van der Waals surface area contributed by atoms with E-state index in [1.807, 2.05) is 6.07 Å². The van der Waals surface area contributed by atoms with E-state index in [1.165, 1.54) is 19.3 Å². The molecule has 2 aromatic heterocycles. The number of allylic oxidation sites excluding steroid dienone is 3. The van der Waals surface area contributed by atoms with Crippen molar-refractivity contribution in [1.82, 2.24) is 19.9 Å². The number of nitrogens with one attached hydrogen (secondary N) is 1. The molecule has 3 heterocycles. The summed E-state index contributed by atoms with van der Waals surface area (Å²) in [6.07, 6.45) is 2.00. The number of nitrogens with zero attached hydrogens (tertiary/aromatic N) is 4. The number of piperidine rings is 1. The van der Waals surface area contributed by atoms with Gasteiger partial charge in [-0.3, -0.25) is 0 Å². The van der Waals surface area contributed by atoms with Crippen LogP contribution in [0, 0.1) is 0 Å². The standard InChI is InChI=1S/C26H33ClF3N5/c1-7-8-20(16(4)17(5)26(28,29)30)18(6)33-24-22-13-21(23(27)34-25(22)32-14-31-24)19-9-11-35(12-10-19)15(2)3/h7-8,13-15,18-19H,1,9-12H2,2-6H3,(H,31,32,33,34)/b17-16+,20-8+/t18-/m1/s1. The first-order chi connectivity index (χ1) is 16.4. The third kappa shape index (κ3) is 6.22. The van der Waals surface area contributed by atoms with Crippen LogP contribution in [0.1, 0.15) is 58.9 Å². The highest BCUT2D eigenvalue weighted by atomic mass is 35.5. The van der Waals surface area contributed by atoms with Gasteiger partial charge in [0.25, 0.3) is 0 Å². The van der Waals surface area contributed by atoms with Gasteiger partial charge in [0.05, 0.1) is 11.4 Å². The van der Waals surface area contributed by atoms with Gasteiger partial charge in [-0.05, 0) is 89.2 Å². The van der Waals surface area contributed by atoms with E-state index in [0.29, 0.717) is 33.6 Å². The predicted molar refractivity (Wildman–Crippen MR) is 137 cm³/mol. The third-order valence-electron chi connectivity index (χ3n) is 6.84. The van der Waals surface area contributed by atoms with Gasteiger partial charge in [-0.15, -0.1) is 0 Å². The highest BCUT2D eigenvalue weighted by molar-refractivity contribution is 6.30. The minimum absolute atomic E-state index is 0.148. The van der Waals surface area contributed by atoms with Crippen molar-refractivity contribution in [3.63, 3.8) is 0 Å². The Morgan fingerprint density at radius 3 is 2.43 bits per heavy atom. The Labute approximate surface area is 210 Å². The Balaban J connectivity index is 1.95. The summed E-state index contributed by atoms with van der Waals surface area (Å²) in [6, 6.07) is 2.01. The zero-order valence-electron chi connectivity index (χ0n) is 20.9. The first-order valence-corrected chi connectivity index (χ1v) is 12.2. The van der Waals surface area contributed by atoms with Gasteiger partial charge in [-0.2, -0.15) is 13.2 Å². The van der Waals surface area contributed by atoms with Crippen molar-refractivity contribution in [1.29, 1.82) is 0 Å². The van der Waals surface area contributed by atoms with Gasteiger partial charge in [-0.25, -0.2) is 15.0 Å². The lowest BCUT2D eigenvalue weighted by atomic mass is 9.89. The summed E-state index contributed by atoms with van der Waals surface area (Å²) in [5, 5.41) is 4.40. The smallest absolute Gasteiger partial charge is 0.363 e. The largest absolute Gasteiger partial charge is 0.412 e. The lowest BCUT2D eigenvalue weighted by Crippen LogP contribution is -2.37. The van der Waals surface area contributed by atoms with Crippen LogP contribution < -0.4 is 5.32 Å². The quantitative estimate of drug-likeness (QED) is 0.320. The molecule has 0 amide bonds. The Hall–Kier alpha value is -2.45. The summed E-state index contributed by atoms with van der Waals surface area (Å²) in [5.41, 5.74) is 1.38. The molecule has 1 atom stereocenters. The summed E-state index contributed by atoms with van der Waals surface area (Å²) in [6.45, 7) is 14.4. The Morgan fingerprint density at radius 1 is 1.20 bits per heavy atom. The molecule has 5 nitrogen and oxygen atoms in total. The van der Waals surface area contributed by atoms with Crippen molar-refractivity contribution in [3.05, 3.63) is 58.6 Å². The second-order valence-electron chi connectivity index (χ2n) is 9.34. The van der Waals surface area contributed by atoms with E-state index in [1.54, 1.807) is 13.0 Å². The molecule has 1 fully saturated rings. The number of likely N-dealkylation sites (tertiary alicyclic amines) is 1. The Bertz CT molecular complexity index is 1130. The monoisotopic (exact) mass is 507 g/mol. The van der Waals surface area contributed by atoms with Crippen LogP contribution in [0.2, 0.25) is 5.15 Å². The molecule has 1 aliphatic heterocycles. The molecule has 1 aliphatic rings. The molecule has 0 aliphatic carbocycles. The normalized spacial score (nSPS) is 18.1. The van der Waals surface area contributed by atoms with E-state index in [0.717, 1.165) is 38.4 Å². The lowest BCUT2D eigenvalue weighted by Gasteiger charge is -2.35. The fraction of sp³-hybridized carbons (Fsp3) is 0.500. The lowest BCUT2D eigenvalue weighted by molar-refractivity contribution is -0.0920. The maximum atomic E-state index is 13.4. The van der Waals surface area contributed by atoms with Crippen LogP contribution in [0.25, 0.3) is 11.0 Å². The molecule has 0 spiro atoms. The molecule has 2 aromatic rings. The minimum Gasteiger partial charge on any atom is -0.363 e. The van der Waals surface area contributed by atoms with E-state index >= 15 is 0 Å². The summed E-state index contributed by atoms with van der Waals surface area (Å²) in [7, 11) is 0. The molecule has 1 saturated heterocycles. The van der Waals surface area contributed by atoms with Gasteiger partial charge in [0.15, 0.2) is 5.65 Å². The van der Waals surface area contributed by atoms with Crippen molar-refractivity contribution < 1.29 is 13.2 Å². The zero-order chi connectivity index (χ0) is 25.9. The highest BCUT2D eigenvalue weighted by Crippen LogP contribution is 2.36. The van der Waals surface area contributed by atoms with Crippen LogP contribution in [0.5, 0.6) is 0 Å². The first-order valence-electron chi connectivity index (χ1n) is 11.8. The molecule has 0 bridgehead atoms. The number of hydrogen-bond donors (Lipinski definition) is 1. The van der Waals surface area contributed by atoms with E-state index in [-0.39, 0.29) is 11.5 Å². The Morgan fingerprint density at radius 2 is 1.86 bits per heavy atom. The van der Waals surface area contributed by atoms with Gasteiger partial charge in [0, 0.05) is 11.6 Å². The van der Waals surface area contributed by atoms with E-state index in [2.05, 4.69) is 45.6 Å². The van der Waals surface area contributed by atoms with Crippen LogP contribution >= 0.6 is 11.6 Å². The summed E-state index contributed by atoms with van der Waals surface area (Å²) in [5.74, 6) is 0.774. The molecular weight excluding hydrogens is 475 g/mol. The number of hydrogen-bond acceptors (Lipinski definition) is 5. The number of pyridine rings is 1. The van der Waals surface area contributed by atoms with Gasteiger partial charge in [-0.1, -0.05) is 30.3 Å². The van der Waals surface area contributed by atoms with Crippen LogP contribution in [0.15, 0.2) is 47.8 Å². The minimum atomic E-state index is -4.41. The molecule has 35 heavy (non-hydrogen) atoms. The fourth-order valence-corrected chi connectivity index (χ4v) is 4.83. The van der Waals surface area contributed by atoms with Crippen molar-refractivity contribution >= 4 is 28.5 Å². The average Bonchev–Trinajstić information content (AvgIpc) is 2.80. The van der Waals surface area contributed by atoms with Crippen LogP contribution in [-0.4, -0.2) is 51.2 Å². The maximum Gasteiger partial charge on any atom is 0.412 e. The van der Waals surface area contributed by atoms with Gasteiger partial charge in [0.1, 0.15) is 17.3 Å². The first kappa shape index (κ1) is 27.1. The van der Waals surface area contributed by atoms with Gasteiger partial charge in [0.2, 0.25) is 0 Å². The molecule has 1 N–H and O–H groups in total. The van der Waals surface area contributed by atoms with Crippen molar-refractivity contribution in [2.24, 2.45) is 0 Å². The van der Waals surface area contributed by atoms with Crippen LogP contribution in [0.4, 0.5) is 19.0 Å². The molecule has 0 unspecified atom stereocenters. The van der Waals surface area contributed by atoms with E-state index < -0.39 is 17.8 Å². The number of aromatic nitrogens is 3. The summed E-state index contributed by atoms with van der Waals surface area (Å²) in [4.78, 5) is 15.6. The van der Waals surface area contributed by atoms with E-state index in [4.69, 9.17) is 11.6 Å². The molecule has 0 aromatic carbocycles. The highest BCUT2D eigenvalue weighted by Gasteiger charge is 2.33. The van der Waals surface area contributed by atoms with Crippen LogP contribution in [-0.2, 0) is 0 Å². The number of halogens is 4. The van der Waals surface area contributed by atoms with Crippen molar-refractivity contribution in [2.75, 3.05) is 18.4 Å². The molecule has 190 valence electrons. The second-order valence-corrected chi connectivity index (χ2v) is 9.70. The van der Waals surface area contributed by atoms with Gasteiger partial charge >= 0.3 is 6.18 Å². The van der Waals surface area contributed by atoms with Crippen molar-refractivity contribution in [3.8, 4) is 0 Å². The zero-order valence-corrected chi connectivity index (χ0v) is 21.6. The van der Waals surface area contributed by atoms with E-state index in [9.17, 15) is 13.2 Å². The topological polar surface area (TPSA) is 53.9 Å². The molecule has 0 saturated carbocycles. The predicted octanol–water partition coefficient (Wildman–Crippen LogP) is 7.08. The average molecular weight is 508 g/mol. The van der Waals surface area contributed by atoms with Gasteiger partial charge < -0.3 is 10.2 Å². The molecule has 3 rings (SSSR count). The Kier molecular flexibility index (Phi) is 8.59. The van der Waals surface area contributed by atoms with Crippen LogP contribution in [0.3, 0.4) is 0 Å². The number of fused-ring (bicyclic) bond motifs is 1.